The maximum atomic E-state index is 5.41. The molecule has 13 heavy (non-hydrogen) atoms. The molecular weight excluding hydrogens is 160 g/mol. The zero-order chi connectivity index (χ0) is 10.3. The van der Waals surface area contributed by atoms with Crippen LogP contribution in [0.15, 0.2) is 0 Å². The summed E-state index contributed by atoms with van der Waals surface area (Å²) in [5.74, 6) is 0.751. The summed E-state index contributed by atoms with van der Waals surface area (Å²) in [5.41, 5.74) is 5.90. The van der Waals surface area contributed by atoms with Gasteiger partial charge >= 0.3 is 0 Å². The first-order valence-corrected chi connectivity index (χ1v) is 5.42. The Labute approximate surface area is 83.3 Å². The van der Waals surface area contributed by atoms with Crippen LogP contribution in [0.3, 0.4) is 0 Å². The van der Waals surface area contributed by atoms with Gasteiger partial charge in [-0.05, 0) is 24.3 Å². The highest BCUT2D eigenvalue weighted by Gasteiger charge is 2.18. The van der Waals surface area contributed by atoms with Crippen LogP contribution in [0.1, 0.15) is 40.5 Å². The molecule has 1 unspecified atom stereocenters. The van der Waals surface area contributed by atoms with Gasteiger partial charge in [-0.2, -0.15) is 0 Å². The fourth-order valence-corrected chi connectivity index (χ4v) is 1.61. The topological polar surface area (TPSA) is 38.0 Å². The van der Waals surface area contributed by atoms with Gasteiger partial charge < -0.3 is 11.1 Å². The van der Waals surface area contributed by atoms with E-state index in [1.54, 1.807) is 0 Å². The highest BCUT2D eigenvalue weighted by Crippen LogP contribution is 2.28. The summed E-state index contributed by atoms with van der Waals surface area (Å²) in [6, 6.07) is 0. The summed E-state index contributed by atoms with van der Waals surface area (Å²) in [5, 5.41) is 3.36. The predicted molar refractivity (Wildman–Crippen MR) is 59.8 cm³/mol. The van der Waals surface area contributed by atoms with Gasteiger partial charge in [0.2, 0.25) is 0 Å². The Morgan fingerprint density at radius 2 is 2.00 bits per heavy atom. The predicted octanol–water partition coefficient (Wildman–Crippen LogP) is 2.00. The van der Waals surface area contributed by atoms with E-state index in [0.717, 1.165) is 25.6 Å². The molecule has 0 aromatic heterocycles. The molecule has 0 aromatic rings. The molecule has 0 spiro atoms. The van der Waals surface area contributed by atoms with Gasteiger partial charge in [0.1, 0.15) is 0 Å². The normalized spacial score (nSPS) is 14.5. The van der Waals surface area contributed by atoms with Gasteiger partial charge in [-0.3, -0.25) is 0 Å². The molecule has 1 atom stereocenters. The van der Waals surface area contributed by atoms with Gasteiger partial charge in [0.15, 0.2) is 0 Å². The first kappa shape index (κ1) is 12.9. The molecule has 0 aliphatic heterocycles. The fourth-order valence-electron chi connectivity index (χ4n) is 1.61. The molecule has 0 saturated carbocycles. The standard InChI is InChI=1S/C11H26N2/c1-5-11(3,4)8-10(2)9-13-7-6-12/h10,13H,5-9,12H2,1-4H3. The van der Waals surface area contributed by atoms with Crippen molar-refractivity contribution in [3.63, 3.8) is 0 Å². The van der Waals surface area contributed by atoms with Crippen LogP contribution in [0.25, 0.3) is 0 Å². The largest absolute Gasteiger partial charge is 0.329 e. The minimum absolute atomic E-state index is 0.490. The molecule has 0 radical (unpaired) electrons. The van der Waals surface area contributed by atoms with Crippen LogP contribution in [0.2, 0.25) is 0 Å². The van der Waals surface area contributed by atoms with Crippen molar-refractivity contribution < 1.29 is 0 Å². The average Bonchev–Trinajstić information content (AvgIpc) is 2.04. The molecule has 0 fully saturated rings. The third kappa shape index (κ3) is 7.03. The van der Waals surface area contributed by atoms with Crippen molar-refractivity contribution in [2.45, 2.75) is 40.5 Å². The van der Waals surface area contributed by atoms with Gasteiger partial charge in [0.05, 0.1) is 0 Å². The van der Waals surface area contributed by atoms with E-state index in [4.69, 9.17) is 5.73 Å². The average molecular weight is 186 g/mol. The third-order valence-electron chi connectivity index (χ3n) is 2.67. The zero-order valence-corrected chi connectivity index (χ0v) is 9.69. The van der Waals surface area contributed by atoms with Gasteiger partial charge in [-0.25, -0.2) is 0 Å². The summed E-state index contributed by atoms with van der Waals surface area (Å²) < 4.78 is 0. The number of hydrogen-bond donors (Lipinski definition) is 2. The summed E-state index contributed by atoms with van der Waals surface area (Å²) >= 11 is 0. The Hall–Kier alpha value is -0.0800. The second kappa shape index (κ2) is 6.39. The molecular formula is C11H26N2. The SMILES string of the molecule is CCC(C)(C)CC(C)CNCCN. The van der Waals surface area contributed by atoms with E-state index in [-0.39, 0.29) is 0 Å². The van der Waals surface area contributed by atoms with E-state index in [9.17, 15) is 0 Å². The van der Waals surface area contributed by atoms with Crippen molar-refractivity contribution in [2.75, 3.05) is 19.6 Å². The Morgan fingerprint density at radius 3 is 2.46 bits per heavy atom. The van der Waals surface area contributed by atoms with Crippen molar-refractivity contribution in [1.29, 1.82) is 0 Å². The van der Waals surface area contributed by atoms with Crippen LogP contribution >= 0.6 is 0 Å². The number of hydrogen-bond acceptors (Lipinski definition) is 2. The lowest BCUT2D eigenvalue weighted by Gasteiger charge is -2.26. The van der Waals surface area contributed by atoms with Crippen molar-refractivity contribution in [1.82, 2.24) is 5.32 Å². The summed E-state index contributed by atoms with van der Waals surface area (Å²) in [6.07, 6.45) is 2.55. The van der Waals surface area contributed by atoms with Crippen LogP contribution in [-0.4, -0.2) is 19.6 Å². The van der Waals surface area contributed by atoms with E-state index in [0.29, 0.717) is 5.41 Å². The first-order valence-electron chi connectivity index (χ1n) is 5.42. The van der Waals surface area contributed by atoms with Crippen LogP contribution in [0.5, 0.6) is 0 Å². The van der Waals surface area contributed by atoms with Crippen molar-refractivity contribution in [3.8, 4) is 0 Å². The van der Waals surface area contributed by atoms with Crippen LogP contribution in [-0.2, 0) is 0 Å². The lowest BCUT2D eigenvalue weighted by Crippen LogP contribution is -2.29. The van der Waals surface area contributed by atoms with Crippen LogP contribution < -0.4 is 11.1 Å². The van der Waals surface area contributed by atoms with Crippen molar-refractivity contribution in [3.05, 3.63) is 0 Å². The smallest absolute Gasteiger partial charge is 0.00746 e. The molecule has 0 saturated heterocycles. The second-order valence-electron chi connectivity index (χ2n) is 4.82. The Bertz CT molecular complexity index is 121. The van der Waals surface area contributed by atoms with Gasteiger partial charge in [0, 0.05) is 13.1 Å². The van der Waals surface area contributed by atoms with Crippen LogP contribution in [0, 0.1) is 11.3 Å². The van der Waals surface area contributed by atoms with Crippen LogP contribution in [0.4, 0.5) is 0 Å². The molecule has 0 bridgehead atoms. The van der Waals surface area contributed by atoms with Gasteiger partial charge in [-0.15, -0.1) is 0 Å². The molecule has 0 aliphatic carbocycles. The molecule has 0 aromatic carbocycles. The molecule has 80 valence electrons. The number of nitrogens with two attached hydrogens (primary N) is 1. The zero-order valence-electron chi connectivity index (χ0n) is 9.69. The molecule has 0 rings (SSSR count). The van der Waals surface area contributed by atoms with Crippen molar-refractivity contribution >= 4 is 0 Å². The lowest BCUT2D eigenvalue weighted by atomic mass is 9.81. The quantitative estimate of drug-likeness (QED) is 0.597. The minimum Gasteiger partial charge on any atom is -0.329 e. The Kier molecular flexibility index (Phi) is 6.35. The van der Waals surface area contributed by atoms with Crippen molar-refractivity contribution in [2.24, 2.45) is 17.1 Å². The molecule has 0 aliphatic rings. The maximum Gasteiger partial charge on any atom is 0.00746 e. The molecule has 0 heterocycles. The van der Waals surface area contributed by atoms with E-state index in [1.165, 1.54) is 12.8 Å². The van der Waals surface area contributed by atoms with E-state index >= 15 is 0 Å². The first-order chi connectivity index (χ1) is 6.02. The molecule has 2 nitrogen and oxygen atoms in total. The monoisotopic (exact) mass is 186 g/mol. The Morgan fingerprint density at radius 1 is 1.38 bits per heavy atom. The minimum atomic E-state index is 0.490. The Balaban J connectivity index is 3.55. The highest BCUT2D eigenvalue weighted by atomic mass is 14.9. The van der Waals surface area contributed by atoms with E-state index in [2.05, 4.69) is 33.0 Å². The molecule has 2 heteroatoms. The number of nitrogens with one attached hydrogen (secondary N) is 1. The number of rotatable bonds is 7. The summed E-state index contributed by atoms with van der Waals surface area (Å²) in [4.78, 5) is 0. The second-order valence-corrected chi connectivity index (χ2v) is 4.82. The van der Waals surface area contributed by atoms with E-state index < -0.39 is 0 Å². The maximum absolute atomic E-state index is 5.41. The van der Waals surface area contributed by atoms with Gasteiger partial charge in [-0.1, -0.05) is 34.1 Å². The molecule has 3 N–H and O–H groups in total. The summed E-state index contributed by atoms with van der Waals surface area (Å²) in [7, 11) is 0. The van der Waals surface area contributed by atoms with E-state index in [1.807, 2.05) is 0 Å². The molecule has 0 amide bonds. The fraction of sp³-hybridized carbons (Fsp3) is 1.00. The lowest BCUT2D eigenvalue weighted by molar-refractivity contribution is 0.263. The summed E-state index contributed by atoms with van der Waals surface area (Å²) in [6.45, 7) is 12.0. The highest BCUT2D eigenvalue weighted by molar-refractivity contribution is 4.71. The third-order valence-corrected chi connectivity index (χ3v) is 2.67. The van der Waals surface area contributed by atoms with Gasteiger partial charge in [0.25, 0.3) is 0 Å².